The summed E-state index contributed by atoms with van der Waals surface area (Å²) >= 11 is 0. The van der Waals surface area contributed by atoms with Gasteiger partial charge in [0.25, 0.3) is 0 Å². The van der Waals surface area contributed by atoms with Gasteiger partial charge in [0.2, 0.25) is 0 Å². The number of hydrogen-bond donors (Lipinski definition) is 4. The van der Waals surface area contributed by atoms with Gasteiger partial charge < -0.3 is 20.4 Å². The minimum absolute atomic E-state index is 0.0278. The molecule has 35 heavy (non-hydrogen) atoms. The number of aliphatic hydroxyl groups excluding tert-OH is 2. The van der Waals surface area contributed by atoms with Gasteiger partial charge in [-0.05, 0) is 95.0 Å². The van der Waals surface area contributed by atoms with Crippen LogP contribution in [0.1, 0.15) is 93.4 Å². The fraction of sp³-hybridized carbons (Fsp3) is 0.833. The normalized spacial score (nSPS) is 49.9. The Morgan fingerprint density at radius 1 is 1.06 bits per heavy atom. The van der Waals surface area contributed by atoms with Crippen molar-refractivity contribution in [1.82, 2.24) is 0 Å². The van der Waals surface area contributed by atoms with Crippen LogP contribution in [0.5, 0.6) is 0 Å². The van der Waals surface area contributed by atoms with Crippen LogP contribution in [0, 0.1) is 39.9 Å². The van der Waals surface area contributed by atoms with Crippen molar-refractivity contribution in [3.05, 3.63) is 23.3 Å². The molecule has 0 bridgehead atoms. The summed E-state index contributed by atoms with van der Waals surface area (Å²) in [5.74, 6) is 0.392. The van der Waals surface area contributed by atoms with Crippen LogP contribution in [-0.2, 0) is 4.79 Å². The fourth-order valence-corrected chi connectivity index (χ4v) is 9.30. The molecule has 0 aromatic heterocycles. The molecule has 0 aliphatic heterocycles. The van der Waals surface area contributed by atoms with Crippen molar-refractivity contribution in [3.63, 3.8) is 0 Å². The van der Waals surface area contributed by atoms with Gasteiger partial charge in [-0.2, -0.15) is 0 Å². The van der Waals surface area contributed by atoms with E-state index in [2.05, 4.69) is 13.8 Å². The van der Waals surface area contributed by atoms with E-state index in [-0.39, 0.29) is 46.9 Å². The molecule has 0 aromatic rings. The van der Waals surface area contributed by atoms with Gasteiger partial charge in [0.05, 0.1) is 23.9 Å². The smallest absolute Gasteiger partial charge is 0.160 e. The highest BCUT2D eigenvalue weighted by Crippen LogP contribution is 2.69. The number of ketones is 1. The quantitative estimate of drug-likeness (QED) is 0.435. The predicted molar refractivity (Wildman–Crippen MR) is 137 cm³/mol. The van der Waals surface area contributed by atoms with Crippen LogP contribution in [-0.4, -0.2) is 50.1 Å². The lowest BCUT2D eigenvalue weighted by Gasteiger charge is -2.62. The molecule has 198 valence electrons. The van der Waals surface area contributed by atoms with Gasteiger partial charge in [-0.15, -0.1) is 0 Å². The Hall–Kier alpha value is -1.01. The Labute approximate surface area is 211 Å². The standard InChI is InChI=1S/C30H48O5/c1-18(8-9-20-19(26(2,3)34)10-15-30(20,7)35)25-21(32)16-23-27(4)14-12-24(33)29(6,17-31)22(27)11-13-28(23,25)5/h8-9,19-20,22-24,31,33-35H,10-17H2,1-7H3. The van der Waals surface area contributed by atoms with Crippen LogP contribution in [0.4, 0.5) is 0 Å². The Balaban J connectivity index is 1.69. The lowest BCUT2D eigenvalue weighted by atomic mass is 9.43. The second-order valence-electron chi connectivity index (χ2n) is 14.0. The zero-order chi connectivity index (χ0) is 26.2. The van der Waals surface area contributed by atoms with Gasteiger partial charge in [-0.3, -0.25) is 4.79 Å². The molecule has 4 saturated carbocycles. The number of carbonyl (C=O) groups excluding carboxylic acids is 1. The first-order chi connectivity index (χ1) is 16.0. The summed E-state index contributed by atoms with van der Waals surface area (Å²) < 4.78 is 0. The third kappa shape index (κ3) is 4.00. The molecule has 9 unspecified atom stereocenters. The molecule has 0 saturated heterocycles. The number of rotatable bonds is 4. The molecular formula is C30H48O5. The maximum absolute atomic E-state index is 13.6. The number of fused-ring (bicyclic) bond motifs is 3. The highest BCUT2D eigenvalue weighted by atomic mass is 16.3. The number of carbonyl (C=O) groups is 1. The maximum Gasteiger partial charge on any atom is 0.160 e. The molecule has 4 aliphatic rings. The minimum Gasteiger partial charge on any atom is -0.396 e. The van der Waals surface area contributed by atoms with Crippen molar-refractivity contribution >= 4 is 5.78 Å². The largest absolute Gasteiger partial charge is 0.396 e. The van der Waals surface area contributed by atoms with Crippen LogP contribution in [0.2, 0.25) is 0 Å². The molecule has 5 heteroatoms. The van der Waals surface area contributed by atoms with E-state index in [0.717, 1.165) is 36.8 Å². The molecule has 0 heterocycles. The molecule has 4 N–H and O–H groups in total. The molecule has 9 atom stereocenters. The van der Waals surface area contributed by atoms with E-state index >= 15 is 0 Å². The molecule has 0 aromatic carbocycles. The molecule has 0 radical (unpaired) electrons. The van der Waals surface area contributed by atoms with E-state index in [1.807, 2.05) is 46.8 Å². The molecule has 0 spiro atoms. The topological polar surface area (TPSA) is 98.0 Å². The molecule has 4 rings (SSSR count). The van der Waals surface area contributed by atoms with Gasteiger partial charge in [-0.25, -0.2) is 0 Å². The lowest BCUT2D eigenvalue weighted by Crippen LogP contribution is -2.59. The molecular weight excluding hydrogens is 440 g/mol. The number of aliphatic hydroxyl groups is 4. The second-order valence-corrected chi connectivity index (χ2v) is 14.0. The zero-order valence-corrected chi connectivity index (χ0v) is 22.9. The first kappa shape index (κ1) is 27.0. The highest BCUT2D eigenvalue weighted by Gasteiger charge is 2.65. The maximum atomic E-state index is 13.6. The Morgan fingerprint density at radius 2 is 1.71 bits per heavy atom. The second kappa shape index (κ2) is 8.51. The van der Waals surface area contributed by atoms with Crippen LogP contribution >= 0.6 is 0 Å². The number of hydrogen-bond acceptors (Lipinski definition) is 5. The van der Waals surface area contributed by atoms with Crippen molar-refractivity contribution in [1.29, 1.82) is 0 Å². The molecule has 4 aliphatic carbocycles. The van der Waals surface area contributed by atoms with Crippen LogP contribution < -0.4 is 0 Å². The van der Waals surface area contributed by atoms with E-state index in [0.29, 0.717) is 19.3 Å². The van der Waals surface area contributed by atoms with Gasteiger partial charge in [0.1, 0.15) is 0 Å². The summed E-state index contributed by atoms with van der Waals surface area (Å²) in [5.41, 5.74) is -0.724. The Kier molecular flexibility index (Phi) is 6.57. The summed E-state index contributed by atoms with van der Waals surface area (Å²) in [7, 11) is 0. The van der Waals surface area contributed by atoms with Crippen LogP contribution in [0.25, 0.3) is 0 Å². The third-order valence-electron chi connectivity index (χ3n) is 11.4. The van der Waals surface area contributed by atoms with E-state index in [4.69, 9.17) is 0 Å². The Morgan fingerprint density at radius 3 is 2.31 bits per heavy atom. The summed E-state index contributed by atoms with van der Waals surface area (Å²) in [6.45, 7) is 14.1. The Bertz CT molecular complexity index is 926. The first-order valence-electron chi connectivity index (χ1n) is 13.7. The fourth-order valence-electron chi connectivity index (χ4n) is 9.30. The summed E-state index contributed by atoms with van der Waals surface area (Å²) in [4.78, 5) is 13.6. The predicted octanol–water partition coefficient (Wildman–Crippen LogP) is 4.57. The van der Waals surface area contributed by atoms with E-state index in [1.54, 1.807) is 0 Å². The van der Waals surface area contributed by atoms with E-state index < -0.39 is 22.7 Å². The lowest BCUT2D eigenvalue weighted by molar-refractivity contribution is -0.178. The van der Waals surface area contributed by atoms with E-state index in [9.17, 15) is 25.2 Å². The van der Waals surface area contributed by atoms with Crippen molar-refractivity contribution in [2.24, 2.45) is 39.9 Å². The zero-order valence-electron chi connectivity index (χ0n) is 22.9. The molecule has 5 nitrogen and oxygen atoms in total. The minimum atomic E-state index is -0.880. The van der Waals surface area contributed by atoms with Gasteiger partial charge >= 0.3 is 0 Å². The average molecular weight is 489 g/mol. The van der Waals surface area contributed by atoms with Crippen molar-refractivity contribution in [2.75, 3.05) is 6.61 Å². The summed E-state index contributed by atoms with van der Waals surface area (Å²) in [5, 5.41) is 42.8. The molecule has 0 amide bonds. The average Bonchev–Trinajstić information content (AvgIpc) is 3.21. The van der Waals surface area contributed by atoms with Crippen molar-refractivity contribution in [3.8, 4) is 0 Å². The summed E-state index contributed by atoms with van der Waals surface area (Å²) in [6.07, 6.45) is 8.82. The van der Waals surface area contributed by atoms with E-state index in [1.165, 1.54) is 0 Å². The number of allylic oxidation sites excluding steroid dienone is 3. The van der Waals surface area contributed by atoms with Crippen molar-refractivity contribution < 1.29 is 25.2 Å². The third-order valence-corrected chi connectivity index (χ3v) is 11.4. The van der Waals surface area contributed by atoms with Crippen LogP contribution in [0.3, 0.4) is 0 Å². The SMILES string of the molecule is CC(C=CC1C(C(C)(C)O)CCC1(C)O)=C1C(=O)CC2C1(C)CCC1C(C)(CO)C(O)CCC21C. The monoisotopic (exact) mass is 488 g/mol. The van der Waals surface area contributed by atoms with Gasteiger partial charge in [0.15, 0.2) is 5.78 Å². The van der Waals surface area contributed by atoms with Gasteiger partial charge in [-0.1, -0.05) is 32.9 Å². The molecule has 4 fully saturated rings. The summed E-state index contributed by atoms with van der Waals surface area (Å²) in [6, 6.07) is 0. The highest BCUT2D eigenvalue weighted by molar-refractivity contribution is 6.00. The van der Waals surface area contributed by atoms with Crippen LogP contribution in [0.15, 0.2) is 23.3 Å². The van der Waals surface area contributed by atoms with Gasteiger partial charge in [0, 0.05) is 28.7 Å². The number of Topliss-reactive ketones (excluding diaryl/α,β-unsaturated/α-hetero) is 1. The first-order valence-corrected chi connectivity index (χ1v) is 13.7. The van der Waals surface area contributed by atoms with Crippen molar-refractivity contribution in [2.45, 2.75) is 111 Å².